The first-order chi connectivity index (χ1) is 3.41. The molecule has 7 heavy (non-hydrogen) atoms. The lowest BCUT2D eigenvalue weighted by Gasteiger charge is -1.64. The van der Waals surface area contributed by atoms with Gasteiger partial charge in [0.15, 0.2) is 0 Å². The Hall–Kier alpha value is -0.0300. The zero-order valence-corrected chi connectivity index (χ0v) is 6.00. The Morgan fingerprint density at radius 2 is 2.43 bits per heavy atom. The summed E-state index contributed by atoms with van der Waals surface area (Å²) in [6.45, 7) is 3.48. The van der Waals surface area contributed by atoms with Crippen molar-refractivity contribution in [1.29, 1.82) is 0 Å². The molecule has 40 valence electrons. The molecule has 0 saturated carbocycles. The molecule has 0 aromatic heterocycles. The smallest absolute Gasteiger partial charge is 0.0396 e. The van der Waals surface area contributed by atoms with Crippen LogP contribution in [0.3, 0.4) is 0 Å². The molecule has 0 aliphatic rings. The van der Waals surface area contributed by atoms with Crippen molar-refractivity contribution in [3.8, 4) is 0 Å². The van der Waals surface area contributed by atoms with E-state index < -0.39 is 0 Å². The summed E-state index contributed by atoms with van der Waals surface area (Å²) in [5, 5.41) is 0. The molecule has 0 rings (SSSR count). The summed E-state index contributed by atoms with van der Waals surface area (Å²) < 4.78 is 5.38. The molecule has 0 amide bonds. The zero-order chi connectivity index (χ0) is 5.54. The van der Waals surface area contributed by atoms with Crippen molar-refractivity contribution >= 4 is 21.0 Å². The van der Waals surface area contributed by atoms with Gasteiger partial charge >= 0.3 is 0 Å². The third-order valence-electron chi connectivity index (χ3n) is 0.322. The van der Waals surface area contributed by atoms with Crippen molar-refractivity contribution in [3.05, 3.63) is 22.8 Å². The first kappa shape index (κ1) is 6.97. The molecule has 0 bridgehead atoms. The van der Waals surface area contributed by atoms with Crippen LogP contribution in [0.4, 0.5) is 0 Å². The van der Waals surface area contributed by atoms with Crippen LogP contribution in [0.25, 0.3) is 0 Å². The lowest BCUT2D eigenvalue weighted by molar-refractivity contribution is 1.32. The molecule has 0 unspecified atom stereocenters. The average molecular weight is 210 g/mol. The molecule has 2 N–H and O–H groups in total. The Balaban J connectivity index is 3.27. The highest BCUT2D eigenvalue weighted by Gasteiger charge is 1.54. The molecule has 0 atom stereocenters. The van der Waals surface area contributed by atoms with Gasteiger partial charge in [0.25, 0.3) is 0 Å². The highest BCUT2D eigenvalue weighted by Crippen LogP contribution is 1.96. The second kappa shape index (κ2) is 5.97. The van der Waals surface area contributed by atoms with E-state index in [9.17, 15) is 0 Å². The van der Waals surface area contributed by atoms with Crippen LogP contribution in [0.1, 0.15) is 0 Å². The predicted molar refractivity (Wildman–Crippen MR) is 40.0 cm³/mol. The molecule has 0 saturated heterocycles. The summed E-state index contributed by atoms with van der Waals surface area (Å²) in [6.07, 6.45) is 3.56. The Morgan fingerprint density at radius 1 is 1.71 bits per heavy atom. The van der Waals surface area contributed by atoms with Gasteiger partial charge in [-0.05, 0) is 4.08 Å². The van der Waals surface area contributed by atoms with Gasteiger partial charge in [-0.3, -0.25) is 0 Å². The number of hydrogen-bond acceptors (Lipinski definition) is 2. The van der Waals surface area contributed by atoms with Gasteiger partial charge in [0, 0.05) is 21.0 Å². The third kappa shape index (κ3) is 5.97. The molecule has 0 fully saturated rings. The van der Waals surface area contributed by atoms with Gasteiger partial charge in [-0.1, -0.05) is 18.7 Å². The molecule has 3 heteroatoms. The van der Waals surface area contributed by atoms with Crippen molar-refractivity contribution in [3.63, 3.8) is 0 Å². The maximum absolute atomic E-state index is 4.86. The van der Waals surface area contributed by atoms with Crippen molar-refractivity contribution in [1.82, 2.24) is 0 Å². The van der Waals surface area contributed by atoms with Crippen LogP contribution < -0.4 is 5.84 Å². The second-order valence-electron chi connectivity index (χ2n) is 0.749. The lowest BCUT2D eigenvalue weighted by Crippen LogP contribution is -1.66. The number of rotatable bonds is 2. The number of halogens is 1. The molecule has 0 aromatic carbocycles. The van der Waals surface area contributed by atoms with E-state index in [0.717, 1.165) is 0 Å². The Morgan fingerprint density at radius 3 is 2.86 bits per heavy atom. The molecular weight excluding hydrogens is 203 g/mol. The molecule has 0 aliphatic carbocycles. The van der Waals surface area contributed by atoms with E-state index in [-0.39, 0.29) is 21.0 Å². The maximum atomic E-state index is 4.86. The predicted octanol–water partition coefficient (Wildman–Crippen LogP) is 1.71. The zero-order valence-electron chi connectivity index (χ0n) is 3.84. The van der Waals surface area contributed by atoms with Gasteiger partial charge in [-0.25, -0.2) is 5.84 Å². The SMILES string of the molecule is C=C/C=C\I=NN. The van der Waals surface area contributed by atoms with Gasteiger partial charge in [0.1, 0.15) is 0 Å². The summed E-state index contributed by atoms with van der Waals surface area (Å²) in [5.41, 5.74) is 0. The Kier molecular flexibility index (Phi) is 5.94. The van der Waals surface area contributed by atoms with Crippen LogP contribution in [0.5, 0.6) is 0 Å². The lowest BCUT2D eigenvalue weighted by atomic mass is 10.6. The fraction of sp³-hybridized carbons (Fsp3) is 0. The molecule has 0 radical (unpaired) electrons. The van der Waals surface area contributed by atoms with Gasteiger partial charge in [-0.15, -0.1) is 0 Å². The van der Waals surface area contributed by atoms with Crippen molar-refractivity contribution in [2.24, 2.45) is 9.10 Å². The van der Waals surface area contributed by atoms with Crippen molar-refractivity contribution < 1.29 is 0 Å². The summed E-state index contributed by atoms with van der Waals surface area (Å²) >= 11 is -0.227. The van der Waals surface area contributed by atoms with Gasteiger partial charge < -0.3 is 0 Å². The van der Waals surface area contributed by atoms with Crippen LogP contribution in [0.2, 0.25) is 0 Å². The summed E-state index contributed by atoms with van der Waals surface area (Å²) in [6, 6.07) is 0. The minimum absolute atomic E-state index is 0.227. The van der Waals surface area contributed by atoms with Crippen LogP contribution in [-0.2, 0) is 0 Å². The first-order valence-electron chi connectivity index (χ1n) is 1.72. The largest absolute Gasteiger partial charge is 0.222 e. The number of allylic oxidation sites excluding steroid dienone is 2. The van der Waals surface area contributed by atoms with Crippen molar-refractivity contribution in [2.75, 3.05) is 0 Å². The van der Waals surface area contributed by atoms with Gasteiger partial charge in [0.05, 0.1) is 0 Å². The molecular formula is C4H7IN2. The number of nitrogens with zero attached hydrogens (tertiary/aromatic N) is 1. The van der Waals surface area contributed by atoms with E-state index in [4.69, 9.17) is 5.84 Å². The summed E-state index contributed by atoms with van der Waals surface area (Å²) in [7, 11) is 0. The van der Waals surface area contributed by atoms with E-state index in [1.54, 1.807) is 6.08 Å². The van der Waals surface area contributed by atoms with E-state index in [1.807, 2.05) is 10.2 Å². The highest BCUT2D eigenvalue weighted by molar-refractivity contribution is 14.2. The molecule has 0 aromatic rings. The van der Waals surface area contributed by atoms with Gasteiger partial charge in [-0.2, -0.15) is 3.25 Å². The van der Waals surface area contributed by atoms with Crippen LogP contribution in [-0.4, -0.2) is 0 Å². The minimum Gasteiger partial charge on any atom is -0.222 e. The first-order valence-corrected chi connectivity index (χ1v) is 3.93. The average Bonchev–Trinajstić information content (AvgIpc) is 1.69. The van der Waals surface area contributed by atoms with E-state index in [2.05, 4.69) is 9.83 Å². The van der Waals surface area contributed by atoms with Gasteiger partial charge in [0.2, 0.25) is 0 Å². The molecule has 2 nitrogen and oxygen atoms in total. The Bertz CT molecular complexity index is 95.9. The Labute approximate surface area is 53.2 Å². The van der Waals surface area contributed by atoms with E-state index >= 15 is 0 Å². The molecule has 0 spiro atoms. The normalized spacial score (nSPS) is 12.1. The van der Waals surface area contributed by atoms with E-state index in [1.165, 1.54) is 0 Å². The molecule has 0 heterocycles. The minimum atomic E-state index is -0.227. The maximum Gasteiger partial charge on any atom is 0.0396 e. The van der Waals surface area contributed by atoms with Crippen molar-refractivity contribution in [2.45, 2.75) is 0 Å². The van der Waals surface area contributed by atoms with Crippen LogP contribution in [0, 0.1) is 0 Å². The fourth-order valence-electron chi connectivity index (χ4n) is 0.116. The summed E-state index contributed by atoms with van der Waals surface area (Å²) in [5.74, 6) is 4.86. The van der Waals surface area contributed by atoms with E-state index in [0.29, 0.717) is 0 Å². The second-order valence-corrected chi connectivity index (χ2v) is 2.58. The van der Waals surface area contributed by atoms with Crippen LogP contribution in [0.15, 0.2) is 26.1 Å². The topological polar surface area (TPSA) is 38.4 Å². The summed E-state index contributed by atoms with van der Waals surface area (Å²) in [4.78, 5) is 0. The number of hydrogen-bond donors (Lipinski definition) is 1. The fourth-order valence-corrected chi connectivity index (χ4v) is 0.781. The monoisotopic (exact) mass is 210 g/mol. The van der Waals surface area contributed by atoms with Crippen LogP contribution >= 0.6 is 21.0 Å². The number of nitrogens with two attached hydrogens (primary N) is 1. The molecule has 0 aliphatic heterocycles. The standard InChI is InChI=1S/C4H7IN2/c1-2-3-4-5-7-6/h2-4H,1,6H2/b4-3-. The quantitative estimate of drug-likeness (QED) is 0.320. The highest BCUT2D eigenvalue weighted by atomic mass is 127. The third-order valence-corrected chi connectivity index (χ3v) is 1.38.